The predicted octanol–water partition coefficient (Wildman–Crippen LogP) is 2.73. The Morgan fingerprint density at radius 2 is 2.04 bits per heavy atom. The monoisotopic (exact) mass is 352 g/mol. The lowest BCUT2D eigenvalue weighted by Gasteiger charge is -2.30. The van der Waals surface area contributed by atoms with Gasteiger partial charge in [-0.1, -0.05) is 6.92 Å². The second-order valence-electron chi connectivity index (χ2n) is 5.78. The molecule has 0 N–H and O–H groups in total. The molecule has 0 aliphatic carbocycles. The van der Waals surface area contributed by atoms with Crippen molar-refractivity contribution in [3.63, 3.8) is 0 Å². The number of benzene rings is 1. The fraction of sp³-hybridized carbons (Fsp3) is 0.500. The molecule has 1 heterocycles. The molecule has 1 saturated heterocycles. The van der Waals surface area contributed by atoms with Crippen molar-refractivity contribution < 1.29 is 19.2 Å². The van der Waals surface area contributed by atoms with E-state index in [2.05, 4.69) is 6.92 Å². The summed E-state index contributed by atoms with van der Waals surface area (Å²) in [6.45, 7) is 3.15. The molecule has 8 heteroatoms. The highest BCUT2D eigenvalue weighted by molar-refractivity contribution is 7.98. The van der Waals surface area contributed by atoms with E-state index in [-0.39, 0.29) is 23.8 Å². The average Bonchev–Trinajstić information content (AvgIpc) is 2.59. The summed E-state index contributed by atoms with van der Waals surface area (Å²) in [6.07, 6.45) is 3.61. The first-order valence-corrected chi connectivity index (χ1v) is 8.92. The van der Waals surface area contributed by atoms with E-state index in [4.69, 9.17) is 4.74 Å². The Labute approximate surface area is 144 Å². The Balaban J connectivity index is 1.96. The van der Waals surface area contributed by atoms with Gasteiger partial charge in [0.1, 0.15) is 0 Å². The highest BCUT2D eigenvalue weighted by Gasteiger charge is 2.22. The number of piperidine rings is 1. The van der Waals surface area contributed by atoms with E-state index in [1.54, 1.807) is 11.2 Å². The van der Waals surface area contributed by atoms with Gasteiger partial charge in [-0.15, -0.1) is 11.8 Å². The van der Waals surface area contributed by atoms with E-state index in [1.807, 2.05) is 0 Å². The molecule has 0 saturated carbocycles. The molecule has 0 unspecified atom stereocenters. The molecule has 24 heavy (non-hydrogen) atoms. The maximum atomic E-state index is 12.1. The molecule has 0 atom stereocenters. The summed E-state index contributed by atoms with van der Waals surface area (Å²) >= 11 is 1.23. The molecule has 1 aromatic carbocycles. The van der Waals surface area contributed by atoms with Crippen molar-refractivity contribution in [2.75, 3.05) is 26.0 Å². The lowest BCUT2D eigenvalue weighted by molar-refractivity contribution is -0.387. The first-order valence-electron chi connectivity index (χ1n) is 7.69. The Hall–Kier alpha value is -2.09. The molecule has 1 fully saturated rings. The summed E-state index contributed by atoms with van der Waals surface area (Å²) in [5, 5.41) is 11.0. The first-order chi connectivity index (χ1) is 11.4. The molecule has 2 rings (SSSR count). The van der Waals surface area contributed by atoms with E-state index < -0.39 is 10.9 Å². The van der Waals surface area contributed by atoms with Crippen molar-refractivity contribution >= 4 is 29.3 Å². The number of hydrogen-bond acceptors (Lipinski definition) is 6. The Kier molecular flexibility index (Phi) is 6.19. The minimum atomic E-state index is -0.732. The van der Waals surface area contributed by atoms with Crippen LogP contribution in [-0.2, 0) is 9.53 Å². The number of hydrogen-bond donors (Lipinski definition) is 0. The van der Waals surface area contributed by atoms with E-state index in [9.17, 15) is 19.7 Å². The summed E-state index contributed by atoms with van der Waals surface area (Å²) in [5.41, 5.74) is -0.0761. The first kappa shape index (κ1) is 18.3. The van der Waals surface area contributed by atoms with Crippen LogP contribution in [0.2, 0.25) is 0 Å². The fourth-order valence-electron chi connectivity index (χ4n) is 2.52. The maximum Gasteiger partial charge on any atom is 0.338 e. The van der Waals surface area contributed by atoms with E-state index >= 15 is 0 Å². The number of carbonyl (C=O) groups excluding carboxylic acids is 2. The van der Waals surface area contributed by atoms with Crippen LogP contribution in [0.4, 0.5) is 5.69 Å². The Bertz CT molecular complexity index is 641. The molecule has 1 aromatic rings. The van der Waals surface area contributed by atoms with E-state index in [1.165, 1.54) is 30.0 Å². The van der Waals surface area contributed by atoms with Crippen molar-refractivity contribution in [1.82, 2.24) is 4.90 Å². The van der Waals surface area contributed by atoms with Gasteiger partial charge in [-0.3, -0.25) is 14.9 Å². The summed E-state index contributed by atoms with van der Waals surface area (Å²) < 4.78 is 5.02. The Morgan fingerprint density at radius 1 is 1.38 bits per heavy atom. The summed E-state index contributed by atoms with van der Waals surface area (Å²) in [5.74, 6) is -0.359. The molecule has 0 aromatic heterocycles. The maximum absolute atomic E-state index is 12.1. The van der Waals surface area contributed by atoms with Gasteiger partial charge in [0.05, 0.1) is 15.4 Å². The summed E-state index contributed by atoms with van der Waals surface area (Å²) in [4.78, 5) is 36.7. The zero-order valence-electron chi connectivity index (χ0n) is 13.7. The number of nitrogens with zero attached hydrogens (tertiary/aromatic N) is 2. The number of nitro groups is 1. The zero-order valence-corrected chi connectivity index (χ0v) is 14.5. The summed E-state index contributed by atoms with van der Waals surface area (Å²) in [6, 6.07) is 4.16. The third-order valence-electron chi connectivity index (χ3n) is 4.07. The van der Waals surface area contributed by atoms with Crippen molar-refractivity contribution in [1.29, 1.82) is 0 Å². The van der Waals surface area contributed by atoms with Crippen molar-refractivity contribution in [2.24, 2.45) is 5.92 Å². The van der Waals surface area contributed by atoms with Gasteiger partial charge in [0.2, 0.25) is 0 Å². The molecular weight excluding hydrogens is 332 g/mol. The topological polar surface area (TPSA) is 89.8 Å². The number of thioether (sulfide) groups is 1. The van der Waals surface area contributed by atoms with Gasteiger partial charge in [0, 0.05) is 19.2 Å². The van der Waals surface area contributed by atoms with Crippen LogP contribution in [-0.4, -0.2) is 47.7 Å². The lowest BCUT2D eigenvalue weighted by Crippen LogP contribution is -2.40. The lowest BCUT2D eigenvalue weighted by atomic mass is 9.99. The van der Waals surface area contributed by atoms with Gasteiger partial charge in [0.15, 0.2) is 6.61 Å². The molecule has 0 bridgehead atoms. The number of esters is 1. The summed E-state index contributed by atoms with van der Waals surface area (Å²) in [7, 11) is 0. The van der Waals surface area contributed by atoms with Crippen LogP contribution >= 0.6 is 11.8 Å². The molecule has 1 amide bonds. The van der Waals surface area contributed by atoms with Gasteiger partial charge in [0.25, 0.3) is 11.6 Å². The van der Waals surface area contributed by atoms with Crippen molar-refractivity contribution in [3.8, 4) is 0 Å². The van der Waals surface area contributed by atoms with E-state index in [0.29, 0.717) is 23.9 Å². The zero-order chi connectivity index (χ0) is 17.7. The SMILES string of the molecule is CSc1ccc(C(=O)OCC(=O)N2CCC(C)CC2)cc1[N+](=O)[O-]. The van der Waals surface area contributed by atoms with Crippen LogP contribution in [0.1, 0.15) is 30.1 Å². The molecule has 0 radical (unpaired) electrons. The van der Waals surface area contributed by atoms with Gasteiger partial charge in [-0.25, -0.2) is 4.79 Å². The third kappa shape index (κ3) is 4.47. The third-order valence-corrected chi connectivity index (χ3v) is 4.86. The van der Waals surface area contributed by atoms with Crippen molar-refractivity contribution in [3.05, 3.63) is 33.9 Å². The van der Waals surface area contributed by atoms with Gasteiger partial charge < -0.3 is 9.64 Å². The van der Waals surface area contributed by atoms with Crippen LogP contribution in [0.5, 0.6) is 0 Å². The molecule has 0 spiro atoms. The predicted molar refractivity (Wildman–Crippen MR) is 90.1 cm³/mol. The number of carbonyl (C=O) groups is 2. The number of rotatable bonds is 5. The standard InChI is InChI=1S/C16H20N2O5S/c1-11-5-7-17(8-6-11)15(19)10-23-16(20)12-3-4-14(24-2)13(9-12)18(21)22/h3-4,9,11H,5-8,10H2,1-2H3. The minimum absolute atomic E-state index is 0.0690. The number of likely N-dealkylation sites (tertiary alicyclic amines) is 1. The van der Waals surface area contributed by atoms with Crippen LogP contribution in [0.25, 0.3) is 0 Å². The van der Waals surface area contributed by atoms with E-state index in [0.717, 1.165) is 12.8 Å². The van der Waals surface area contributed by atoms with Crippen LogP contribution in [0, 0.1) is 16.0 Å². The molecule has 7 nitrogen and oxygen atoms in total. The van der Waals surface area contributed by atoms with Gasteiger partial charge in [-0.2, -0.15) is 0 Å². The molecule has 1 aliphatic rings. The van der Waals surface area contributed by atoms with Crippen LogP contribution in [0.15, 0.2) is 23.1 Å². The quantitative estimate of drug-likeness (QED) is 0.350. The van der Waals surface area contributed by atoms with Gasteiger partial charge >= 0.3 is 5.97 Å². The smallest absolute Gasteiger partial charge is 0.338 e. The fourth-order valence-corrected chi connectivity index (χ4v) is 3.07. The van der Waals surface area contributed by atoms with Gasteiger partial charge in [-0.05, 0) is 37.1 Å². The largest absolute Gasteiger partial charge is 0.452 e. The second-order valence-corrected chi connectivity index (χ2v) is 6.63. The minimum Gasteiger partial charge on any atom is -0.452 e. The second kappa shape index (κ2) is 8.14. The Morgan fingerprint density at radius 3 is 2.62 bits per heavy atom. The number of amides is 1. The highest BCUT2D eigenvalue weighted by atomic mass is 32.2. The normalized spacial score (nSPS) is 15.2. The molecule has 130 valence electrons. The number of nitro benzene ring substituents is 1. The van der Waals surface area contributed by atoms with Crippen LogP contribution in [0.3, 0.4) is 0 Å². The number of ether oxygens (including phenoxy) is 1. The molecular formula is C16H20N2O5S. The van der Waals surface area contributed by atoms with Crippen LogP contribution < -0.4 is 0 Å². The average molecular weight is 352 g/mol. The van der Waals surface area contributed by atoms with Crippen molar-refractivity contribution in [2.45, 2.75) is 24.7 Å². The highest BCUT2D eigenvalue weighted by Crippen LogP contribution is 2.28. The molecule has 1 aliphatic heterocycles.